The molecule has 5 rings (SSSR count). The molecular formula is C26H27FN4O2. The first-order chi connectivity index (χ1) is 16.1. The van der Waals surface area contributed by atoms with Gasteiger partial charge in [-0.25, -0.2) is 9.37 Å². The topological polar surface area (TPSA) is 51.9 Å². The molecule has 0 bridgehead atoms. The number of nitrogens with zero attached hydrogens (tertiary/aromatic N) is 4. The third-order valence-electron chi connectivity index (χ3n) is 6.16. The number of hydrogen-bond acceptors (Lipinski definition) is 5. The normalized spacial score (nSPS) is 19.5. The van der Waals surface area contributed by atoms with E-state index in [2.05, 4.69) is 27.2 Å². The molecule has 1 aromatic heterocycles. The molecule has 33 heavy (non-hydrogen) atoms. The van der Waals surface area contributed by atoms with Crippen LogP contribution < -0.4 is 4.74 Å². The summed E-state index contributed by atoms with van der Waals surface area (Å²) < 4.78 is 20.9. The van der Waals surface area contributed by atoms with Crippen LogP contribution in [0.25, 0.3) is 11.8 Å². The fourth-order valence-electron chi connectivity index (χ4n) is 4.45. The summed E-state index contributed by atoms with van der Waals surface area (Å²) in [4.78, 5) is 12.5. The molecule has 0 N–H and O–H groups in total. The van der Waals surface area contributed by atoms with Gasteiger partial charge >= 0.3 is 0 Å². The number of imidazole rings is 1. The smallest absolute Gasteiger partial charge is 0.171 e. The van der Waals surface area contributed by atoms with E-state index in [0.717, 1.165) is 72.0 Å². The molecule has 2 aromatic carbocycles. The molecule has 3 heterocycles. The number of oxime groups is 1. The highest BCUT2D eigenvalue weighted by Crippen LogP contribution is 2.31. The maximum atomic E-state index is 13.3. The minimum Gasteiger partial charge on any atom is -0.495 e. The van der Waals surface area contributed by atoms with Crippen molar-refractivity contribution in [3.8, 4) is 11.4 Å². The van der Waals surface area contributed by atoms with Gasteiger partial charge < -0.3 is 19.0 Å². The highest BCUT2D eigenvalue weighted by molar-refractivity contribution is 6.02. The van der Waals surface area contributed by atoms with Crippen LogP contribution in [0.3, 0.4) is 0 Å². The average molecular weight is 447 g/mol. The summed E-state index contributed by atoms with van der Waals surface area (Å²) in [6, 6.07) is 12.7. The van der Waals surface area contributed by atoms with Gasteiger partial charge in [-0.1, -0.05) is 23.4 Å². The molecular weight excluding hydrogens is 419 g/mol. The standard InChI is InChI=1S/C26H27FN4O2/c1-18-16-31(17-28-18)23-10-5-19(15-25(23)32-2)14-21-4-3-12-30-13-11-24(33-29-26(21)30)20-6-8-22(27)9-7-20/h5-10,14-17,24H,3-4,11-13H2,1-2H3/t24-/m0/s1. The zero-order chi connectivity index (χ0) is 22.8. The zero-order valence-corrected chi connectivity index (χ0v) is 18.9. The number of halogens is 1. The van der Waals surface area contributed by atoms with E-state index in [0.29, 0.717) is 0 Å². The van der Waals surface area contributed by atoms with Crippen molar-refractivity contribution >= 4 is 11.9 Å². The number of piperidine rings is 1. The predicted molar refractivity (Wildman–Crippen MR) is 126 cm³/mol. The van der Waals surface area contributed by atoms with Crippen LogP contribution >= 0.6 is 0 Å². The summed E-state index contributed by atoms with van der Waals surface area (Å²) in [6.07, 6.45) is 8.56. The molecule has 0 amide bonds. The lowest BCUT2D eigenvalue weighted by atomic mass is 9.99. The number of fused-ring (bicyclic) bond motifs is 1. The van der Waals surface area contributed by atoms with Crippen molar-refractivity contribution in [1.29, 1.82) is 0 Å². The molecule has 2 aliphatic rings. The molecule has 1 saturated heterocycles. The Kier molecular flexibility index (Phi) is 5.86. The highest BCUT2D eigenvalue weighted by Gasteiger charge is 2.27. The van der Waals surface area contributed by atoms with E-state index in [-0.39, 0.29) is 11.9 Å². The largest absolute Gasteiger partial charge is 0.495 e. The van der Waals surface area contributed by atoms with Crippen LogP contribution in [0.15, 0.2) is 65.7 Å². The van der Waals surface area contributed by atoms with Crippen LogP contribution in [0, 0.1) is 12.7 Å². The van der Waals surface area contributed by atoms with Gasteiger partial charge in [0.2, 0.25) is 0 Å². The minimum absolute atomic E-state index is 0.178. The summed E-state index contributed by atoms with van der Waals surface area (Å²) in [5.74, 6) is 1.43. The van der Waals surface area contributed by atoms with E-state index in [4.69, 9.17) is 9.57 Å². The Morgan fingerprint density at radius 2 is 2.00 bits per heavy atom. The Morgan fingerprint density at radius 1 is 1.15 bits per heavy atom. The van der Waals surface area contributed by atoms with E-state index in [1.165, 1.54) is 12.1 Å². The fraction of sp³-hybridized carbons (Fsp3) is 0.308. The Balaban J connectivity index is 1.42. The van der Waals surface area contributed by atoms with Crippen molar-refractivity contribution in [2.24, 2.45) is 5.16 Å². The number of aromatic nitrogens is 2. The molecule has 7 heteroatoms. The van der Waals surface area contributed by atoms with Crippen LogP contribution in [0.1, 0.15) is 42.2 Å². The van der Waals surface area contributed by atoms with E-state index in [1.807, 2.05) is 29.8 Å². The molecule has 0 spiro atoms. The molecule has 0 saturated carbocycles. The number of benzene rings is 2. The van der Waals surface area contributed by atoms with Crippen LogP contribution in [0.5, 0.6) is 5.75 Å². The summed E-state index contributed by atoms with van der Waals surface area (Å²) in [7, 11) is 1.68. The third kappa shape index (κ3) is 4.49. The first kappa shape index (κ1) is 21.2. The molecule has 0 radical (unpaired) electrons. The van der Waals surface area contributed by atoms with Crippen molar-refractivity contribution in [3.63, 3.8) is 0 Å². The second-order valence-electron chi connectivity index (χ2n) is 8.46. The molecule has 0 unspecified atom stereocenters. The van der Waals surface area contributed by atoms with Gasteiger partial charge in [0.1, 0.15) is 11.6 Å². The van der Waals surface area contributed by atoms with E-state index in [9.17, 15) is 4.39 Å². The van der Waals surface area contributed by atoms with Gasteiger partial charge in [0, 0.05) is 25.7 Å². The maximum absolute atomic E-state index is 13.3. The van der Waals surface area contributed by atoms with Crippen molar-refractivity contribution < 1.29 is 14.0 Å². The lowest BCUT2D eigenvalue weighted by molar-refractivity contribution is 0.0576. The monoisotopic (exact) mass is 446 g/mol. The van der Waals surface area contributed by atoms with Crippen LogP contribution in [-0.2, 0) is 4.84 Å². The average Bonchev–Trinajstić information content (AvgIpc) is 3.14. The number of hydrogen-bond donors (Lipinski definition) is 0. The molecule has 1 atom stereocenters. The van der Waals surface area contributed by atoms with Gasteiger partial charge in [0.15, 0.2) is 11.9 Å². The summed E-state index contributed by atoms with van der Waals surface area (Å²) in [5.41, 5.74) is 5.04. The van der Waals surface area contributed by atoms with E-state index in [1.54, 1.807) is 25.6 Å². The molecule has 2 aliphatic heterocycles. The molecule has 1 fully saturated rings. The summed E-state index contributed by atoms with van der Waals surface area (Å²) >= 11 is 0. The van der Waals surface area contributed by atoms with Crippen LogP contribution in [0.2, 0.25) is 0 Å². The first-order valence-corrected chi connectivity index (χ1v) is 11.2. The molecule has 6 nitrogen and oxygen atoms in total. The Hall–Kier alpha value is -3.61. The van der Waals surface area contributed by atoms with Gasteiger partial charge in [0.25, 0.3) is 0 Å². The zero-order valence-electron chi connectivity index (χ0n) is 18.9. The lowest BCUT2D eigenvalue weighted by Crippen LogP contribution is -2.37. The van der Waals surface area contributed by atoms with E-state index < -0.39 is 0 Å². The third-order valence-corrected chi connectivity index (χ3v) is 6.16. The van der Waals surface area contributed by atoms with Gasteiger partial charge in [-0.15, -0.1) is 0 Å². The quantitative estimate of drug-likeness (QED) is 0.547. The number of amidine groups is 1. The fourth-order valence-corrected chi connectivity index (χ4v) is 4.45. The van der Waals surface area contributed by atoms with Crippen molar-refractivity contribution in [2.45, 2.75) is 32.3 Å². The van der Waals surface area contributed by atoms with Crippen LogP contribution in [-0.4, -0.2) is 40.5 Å². The van der Waals surface area contributed by atoms with Gasteiger partial charge in [-0.2, -0.15) is 0 Å². The number of methoxy groups -OCH3 is 1. The second kappa shape index (κ2) is 9.10. The van der Waals surface area contributed by atoms with Gasteiger partial charge in [-0.05, 0) is 66.8 Å². The first-order valence-electron chi connectivity index (χ1n) is 11.2. The summed E-state index contributed by atoms with van der Waals surface area (Å²) in [5, 5.41) is 4.55. The van der Waals surface area contributed by atoms with E-state index >= 15 is 0 Å². The van der Waals surface area contributed by atoms with Crippen molar-refractivity contribution in [2.75, 3.05) is 20.2 Å². The minimum atomic E-state index is -0.244. The predicted octanol–water partition coefficient (Wildman–Crippen LogP) is 5.28. The second-order valence-corrected chi connectivity index (χ2v) is 8.46. The Morgan fingerprint density at radius 3 is 2.76 bits per heavy atom. The van der Waals surface area contributed by atoms with Gasteiger partial charge in [-0.3, -0.25) is 0 Å². The molecule has 170 valence electrons. The number of ether oxygens (including phenoxy) is 1. The summed E-state index contributed by atoms with van der Waals surface area (Å²) in [6.45, 7) is 3.77. The van der Waals surface area contributed by atoms with Crippen molar-refractivity contribution in [3.05, 3.63) is 83.2 Å². The molecule has 3 aromatic rings. The van der Waals surface area contributed by atoms with Crippen LogP contribution in [0.4, 0.5) is 4.39 Å². The SMILES string of the molecule is COc1cc(C=C2CCCN3CC[C@@H](c4ccc(F)cc4)ON=C23)ccc1-n1cnc(C)c1. The Bertz CT molecular complexity index is 1200. The Labute approximate surface area is 192 Å². The maximum Gasteiger partial charge on any atom is 0.171 e. The van der Waals surface area contributed by atoms with Gasteiger partial charge in [0.05, 0.1) is 24.8 Å². The highest BCUT2D eigenvalue weighted by atomic mass is 19.1. The van der Waals surface area contributed by atoms with Crippen molar-refractivity contribution in [1.82, 2.24) is 14.5 Å². The number of rotatable bonds is 4. The molecule has 0 aliphatic carbocycles. The lowest BCUT2D eigenvalue weighted by Gasteiger charge is -2.29. The number of aryl methyl sites for hydroxylation is 1.